The molecule has 0 fully saturated rings. The van der Waals surface area contributed by atoms with Crippen LogP contribution in [0.2, 0.25) is 10.0 Å². The normalized spacial score (nSPS) is 10.9. The Morgan fingerprint density at radius 2 is 1.81 bits per heavy atom. The molecule has 0 radical (unpaired) electrons. The Morgan fingerprint density at radius 3 is 2.56 bits per heavy atom. The molecule has 0 saturated heterocycles. The van der Waals surface area contributed by atoms with Crippen LogP contribution in [0, 0.1) is 6.92 Å². The Labute approximate surface area is 164 Å². The number of amides is 1. The molecule has 0 saturated carbocycles. The van der Waals surface area contributed by atoms with E-state index in [2.05, 4.69) is 15.6 Å². The van der Waals surface area contributed by atoms with E-state index in [0.29, 0.717) is 37.9 Å². The van der Waals surface area contributed by atoms with Crippen molar-refractivity contribution in [2.24, 2.45) is 0 Å². The van der Waals surface area contributed by atoms with Gasteiger partial charge in [0.05, 0.1) is 21.8 Å². The fourth-order valence-corrected chi connectivity index (χ4v) is 3.47. The van der Waals surface area contributed by atoms with Gasteiger partial charge in [0.1, 0.15) is 12.7 Å². The van der Waals surface area contributed by atoms with Crippen LogP contribution in [0.25, 0.3) is 22.2 Å². The van der Waals surface area contributed by atoms with Crippen molar-refractivity contribution in [3.63, 3.8) is 0 Å². The van der Waals surface area contributed by atoms with Crippen LogP contribution in [-0.2, 0) is 0 Å². The molecule has 2 aromatic carbocycles. The monoisotopic (exact) mass is 397 g/mol. The molecule has 0 unspecified atom stereocenters. The number of carbonyl (C=O) groups is 1. The molecule has 1 amide bonds. The van der Waals surface area contributed by atoms with E-state index in [-0.39, 0.29) is 5.91 Å². The van der Waals surface area contributed by atoms with Gasteiger partial charge in [0.15, 0.2) is 0 Å². The lowest BCUT2D eigenvalue weighted by Gasteiger charge is -2.15. The van der Waals surface area contributed by atoms with E-state index in [0.717, 1.165) is 5.39 Å². The van der Waals surface area contributed by atoms with Gasteiger partial charge in [-0.3, -0.25) is 10.2 Å². The number of aromatic nitrogens is 4. The summed E-state index contributed by atoms with van der Waals surface area (Å²) in [7, 11) is 0. The molecular weight excluding hydrogens is 385 g/mol. The highest BCUT2D eigenvalue weighted by atomic mass is 35.5. The maximum atomic E-state index is 13.0. The molecule has 0 aliphatic carbocycles. The van der Waals surface area contributed by atoms with Crippen molar-refractivity contribution in [3.05, 3.63) is 76.3 Å². The van der Waals surface area contributed by atoms with Crippen LogP contribution < -0.4 is 5.43 Å². The lowest BCUT2D eigenvalue weighted by atomic mass is 9.97. The smallest absolute Gasteiger partial charge is 0.267 e. The molecular formula is C19H13Cl2N5O. The molecule has 0 atom stereocenters. The van der Waals surface area contributed by atoms with Crippen molar-refractivity contribution in [1.82, 2.24) is 19.9 Å². The van der Waals surface area contributed by atoms with E-state index < -0.39 is 0 Å². The van der Waals surface area contributed by atoms with Crippen molar-refractivity contribution in [2.45, 2.75) is 6.92 Å². The second kappa shape index (κ2) is 6.98. The Balaban J connectivity index is 1.94. The van der Waals surface area contributed by atoms with E-state index >= 15 is 0 Å². The molecule has 2 heterocycles. The van der Waals surface area contributed by atoms with Crippen molar-refractivity contribution in [1.29, 1.82) is 0 Å². The first-order chi connectivity index (χ1) is 13.0. The van der Waals surface area contributed by atoms with Gasteiger partial charge < -0.3 is 0 Å². The number of hydrogen-bond acceptors (Lipinski definition) is 4. The van der Waals surface area contributed by atoms with Crippen LogP contribution in [0.5, 0.6) is 0 Å². The number of pyridine rings is 1. The van der Waals surface area contributed by atoms with Crippen LogP contribution in [0.15, 0.2) is 55.1 Å². The van der Waals surface area contributed by atoms with Gasteiger partial charge in [-0.2, -0.15) is 0 Å². The van der Waals surface area contributed by atoms with Crippen molar-refractivity contribution in [3.8, 4) is 11.3 Å². The third-order valence-corrected chi connectivity index (χ3v) is 4.75. The Hall–Kier alpha value is -2.96. The average molecular weight is 398 g/mol. The number of benzene rings is 2. The van der Waals surface area contributed by atoms with Gasteiger partial charge in [0.25, 0.3) is 5.91 Å². The SMILES string of the molecule is Cc1c(-c2ccc(Cl)cc2Cl)nc2ccccc2c1C(=O)Nn1cnnc1. The van der Waals surface area contributed by atoms with Crippen molar-refractivity contribution in [2.75, 3.05) is 5.43 Å². The van der Waals surface area contributed by atoms with Gasteiger partial charge >= 0.3 is 0 Å². The molecule has 6 nitrogen and oxygen atoms in total. The lowest BCUT2D eigenvalue weighted by Crippen LogP contribution is -2.23. The number of nitrogens with one attached hydrogen (secondary N) is 1. The summed E-state index contributed by atoms with van der Waals surface area (Å²) in [6.45, 7) is 1.85. The zero-order valence-electron chi connectivity index (χ0n) is 14.1. The summed E-state index contributed by atoms with van der Waals surface area (Å²) in [6, 6.07) is 12.7. The van der Waals surface area contributed by atoms with E-state index in [1.165, 1.54) is 17.3 Å². The second-order valence-corrected chi connectivity index (χ2v) is 6.76. The van der Waals surface area contributed by atoms with Gasteiger partial charge in [-0.25, -0.2) is 9.66 Å². The molecule has 0 aliphatic rings. The number of halogens is 2. The summed E-state index contributed by atoms with van der Waals surface area (Å²) in [5, 5.41) is 9.14. The molecule has 4 rings (SSSR count). The fourth-order valence-electron chi connectivity index (χ4n) is 2.98. The first kappa shape index (κ1) is 17.5. The van der Waals surface area contributed by atoms with Gasteiger partial charge in [-0.15, -0.1) is 10.2 Å². The number of rotatable bonds is 3. The van der Waals surface area contributed by atoms with E-state index in [1.807, 2.05) is 31.2 Å². The molecule has 8 heteroatoms. The first-order valence-electron chi connectivity index (χ1n) is 8.05. The topological polar surface area (TPSA) is 72.7 Å². The summed E-state index contributed by atoms with van der Waals surface area (Å²) in [4.78, 5) is 17.7. The number of para-hydroxylation sites is 1. The van der Waals surface area contributed by atoms with E-state index in [1.54, 1.807) is 18.2 Å². The summed E-state index contributed by atoms with van der Waals surface area (Å²) in [5.74, 6) is -0.294. The summed E-state index contributed by atoms with van der Waals surface area (Å²) < 4.78 is 1.39. The van der Waals surface area contributed by atoms with Crippen molar-refractivity contribution < 1.29 is 4.79 Å². The number of nitrogens with zero attached hydrogens (tertiary/aromatic N) is 4. The average Bonchev–Trinajstić information content (AvgIpc) is 3.14. The van der Waals surface area contributed by atoms with Gasteiger partial charge in [0.2, 0.25) is 0 Å². The Kier molecular flexibility index (Phi) is 4.51. The van der Waals surface area contributed by atoms with Crippen LogP contribution in [0.1, 0.15) is 15.9 Å². The van der Waals surface area contributed by atoms with Gasteiger partial charge in [-0.05, 0) is 36.8 Å². The highest BCUT2D eigenvalue weighted by molar-refractivity contribution is 6.36. The Bertz CT molecular complexity index is 1160. The third kappa shape index (κ3) is 3.25. The highest BCUT2D eigenvalue weighted by Crippen LogP contribution is 2.34. The second-order valence-electron chi connectivity index (χ2n) is 5.91. The standard InChI is InChI=1S/C19H13Cl2N5O/c1-11-17(19(27)25-26-9-22-23-10-26)14-4-2-3-5-16(14)24-18(11)13-7-6-12(20)8-15(13)21/h2-10H,1H3,(H,25,27). The molecule has 0 bridgehead atoms. The minimum absolute atomic E-state index is 0.294. The minimum Gasteiger partial charge on any atom is -0.267 e. The van der Waals surface area contributed by atoms with Gasteiger partial charge in [-0.1, -0.05) is 41.4 Å². The molecule has 27 heavy (non-hydrogen) atoms. The minimum atomic E-state index is -0.294. The number of fused-ring (bicyclic) bond motifs is 1. The van der Waals surface area contributed by atoms with Crippen LogP contribution >= 0.6 is 23.2 Å². The first-order valence-corrected chi connectivity index (χ1v) is 8.81. The summed E-state index contributed by atoms with van der Waals surface area (Å²) >= 11 is 12.4. The highest BCUT2D eigenvalue weighted by Gasteiger charge is 2.20. The molecule has 1 N–H and O–H groups in total. The molecule has 0 spiro atoms. The van der Waals surface area contributed by atoms with Gasteiger partial charge in [0, 0.05) is 16.0 Å². The van der Waals surface area contributed by atoms with E-state index in [4.69, 9.17) is 28.2 Å². The quantitative estimate of drug-likeness (QED) is 0.552. The Morgan fingerprint density at radius 1 is 1.07 bits per heavy atom. The zero-order valence-corrected chi connectivity index (χ0v) is 15.7. The summed E-state index contributed by atoms with van der Waals surface area (Å²) in [5.41, 5.74) is 6.00. The number of hydrogen-bond donors (Lipinski definition) is 1. The largest absolute Gasteiger partial charge is 0.271 e. The van der Waals surface area contributed by atoms with Crippen LogP contribution in [0.3, 0.4) is 0 Å². The summed E-state index contributed by atoms with van der Waals surface area (Å²) in [6.07, 6.45) is 2.82. The van der Waals surface area contributed by atoms with E-state index in [9.17, 15) is 4.79 Å². The van der Waals surface area contributed by atoms with Crippen LogP contribution in [0.4, 0.5) is 0 Å². The maximum Gasteiger partial charge on any atom is 0.271 e. The molecule has 0 aliphatic heterocycles. The fraction of sp³-hybridized carbons (Fsp3) is 0.0526. The zero-order chi connectivity index (χ0) is 19.0. The third-order valence-electron chi connectivity index (χ3n) is 4.20. The predicted octanol–water partition coefficient (Wildman–Crippen LogP) is 4.49. The maximum absolute atomic E-state index is 13.0. The van der Waals surface area contributed by atoms with Crippen molar-refractivity contribution >= 4 is 40.0 Å². The van der Waals surface area contributed by atoms with Crippen LogP contribution in [-0.4, -0.2) is 25.8 Å². The molecule has 2 aromatic heterocycles. The molecule has 134 valence electrons. The lowest BCUT2D eigenvalue weighted by molar-refractivity contribution is 0.101. The number of carbonyl (C=O) groups excluding carboxylic acids is 1. The molecule has 4 aromatic rings. The predicted molar refractivity (Wildman–Crippen MR) is 106 cm³/mol.